The molecule has 1 atom stereocenters. The maximum atomic E-state index is 13.5. The fourth-order valence-electron chi connectivity index (χ4n) is 1.92. The second-order valence-corrected chi connectivity index (χ2v) is 5.67. The molecule has 0 aromatic heterocycles. The van der Waals surface area contributed by atoms with Crippen LogP contribution in [0.1, 0.15) is 11.1 Å². The molecule has 2 aromatic carbocycles. The summed E-state index contributed by atoms with van der Waals surface area (Å²) < 4.78 is 41.2. The molecule has 2 rings (SSSR count). The van der Waals surface area contributed by atoms with Crippen LogP contribution < -0.4 is 5.73 Å². The molecule has 0 heterocycles. The van der Waals surface area contributed by atoms with Crippen LogP contribution >= 0.6 is 27.5 Å². The van der Waals surface area contributed by atoms with Crippen molar-refractivity contribution in [2.45, 2.75) is 11.7 Å². The normalized spacial score (nSPS) is 14.9. The molecule has 0 saturated heterocycles. The van der Waals surface area contributed by atoms with Crippen LogP contribution in [0, 0.1) is 0 Å². The Labute approximate surface area is 127 Å². The third kappa shape index (κ3) is 2.71. The van der Waals surface area contributed by atoms with Crippen LogP contribution in [0.5, 0.6) is 0 Å². The summed E-state index contributed by atoms with van der Waals surface area (Å²) in [5, 5.41) is 0.356. The molecule has 106 valence electrons. The Kier molecular flexibility index (Phi) is 4.14. The van der Waals surface area contributed by atoms with Gasteiger partial charge in [-0.25, -0.2) is 0 Å². The van der Waals surface area contributed by atoms with Gasteiger partial charge in [0.25, 0.3) is 0 Å². The van der Waals surface area contributed by atoms with Gasteiger partial charge < -0.3 is 5.73 Å². The Bertz CT molecular complexity index is 548. The zero-order valence-corrected chi connectivity index (χ0v) is 12.4. The van der Waals surface area contributed by atoms with Gasteiger partial charge in [-0.3, -0.25) is 0 Å². The molecule has 2 aromatic rings. The van der Waals surface area contributed by atoms with Crippen LogP contribution in [0.15, 0.2) is 53.0 Å². The molecule has 1 nitrogen and oxygen atoms in total. The van der Waals surface area contributed by atoms with Crippen LogP contribution in [0.4, 0.5) is 13.2 Å². The predicted molar refractivity (Wildman–Crippen MR) is 76.6 cm³/mol. The van der Waals surface area contributed by atoms with Gasteiger partial charge in [0.05, 0.1) is 0 Å². The largest absolute Gasteiger partial charge is 0.414 e. The van der Waals surface area contributed by atoms with Crippen LogP contribution in [0.2, 0.25) is 5.02 Å². The van der Waals surface area contributed by atoms with Crippen molar-refractivity contribution in [2.24, 2.45) is 5.73 Å². The van der Waals surface area contributed by atoms with E-state index in [4.69, 9.17) is 17.3 Å². The minimum Gasteiger partial charge on any atom is -0.310 e. The summed E-state index contributed by atoms with van der Waals surface area (Å²) in [5.74, 6) is 0. The minimum atomic E-state index is -4.63. The van der Waals surface area contributed by atoms with Crippen molar-refractivity contribution in [1.29, 1.82) is 0 Å². The molecule has 0 aliphatic heterocycles. The highest BCUT2D eigenvalue weighted by Gasteiger charge is 2.54. The van der Waals surface area contributed by atoms with Crippen LogP contribution in [-0.4, -0.2) is 6.18 Å². The molecular weight excluding hydrogens is 355 g/mol. The van der Waals surface area contributed by atoms with Gasteiger partial charge in [-0.2, -0.15) is 13.2 Å². The monoisotopic (exact) mass is 363 g/mol. The van der Waals surface area contributed by atoms with E-state index < -0.39 is 11.7 Å². The molecular formula is C14H10BrClF3N. The SMILES string of the molecule is N[C@@](c1ccc(Cl)cc1)(c1ccc(Br)cc1)C(F)(F)F. The summed E-state index contributed by atoms with van der Waals surface area (Å²) in [6, 6.07) is 11.1. The number of halogens is 5. The van der Waals surface area contributed by atoms with E-state index in [1.54, 1.807) is 0 Å². The summed E-state index contributed by atoms with van der Waals surface area (Å²) in [4.78, 5) is 0. The third-order valence-electron chi connectivity index (χ3n) is 3.05. The van der Waals surface area contributed by atoms with Crippen molar-refractivity contribution < 1.29 is 13.2 Å². The predicted octanol–water partition coefficient (Wildman–Crippen LogP) is 4.87. The molecule has 0 amide bonds. The van der Waals surface area contributed by atoms with Gasteiger partial charge in [0.15, 0.2) is 5.54 Å². The summed E-state index contributed by atoms with van der Waals surface area (Å²) >= 11 is 8.90. The zero-order valence-electron chi connectivity index (χ0n) is 10.1. The number of alkyl halides is 3. The maximum absolute atomic E-state index is 13.5. The van der Waals surface area contributed by atoms with E-state index >= 15 is 0 Å². The van der Waals surface area contributed by atoms with Gasteiger partial charge in [-0.15, -0.1) is 0 Å². The van der Waals surface area contributed by atoms with Crippen LogP contribution in [-0.2, 0) is 5.54 Å². The Morgan fingerprint density at radius 1 is 0.850 bits per heavy atom. The number of rotatable bonds is 2. The maximum Gasteiger partial charge on any atom is 0.414 e. The first-order valence-electron chi connectivity index (χ1n) is 5.63. The zero-order chi connectivity index (χ0) is 15.0. The second kappa shape index (κ2) is 5.39. The third-order valence-corrected chi connectivity index (χ3v) is 3.83. The van der Waals surface area contributed by atoms with Crippen LogP contribution in [0.3, 0.4) is 0 Å². The Hall–Kier alpha value is -1.04. The molecule has 20 heavy (non-hydrogen) atoms. The smallest absolute Gasteiger partial charge is 0.310 e. The first-order valence-corrected chi connectivity index (χ1v) is 6.80. The molecule has 0 aliphatic rings. The van der Waals surface area contributed by atoms with Crippen molar-refractivity contribution in [1.82, 2.24) is 0 Å². The van der Waals surface area contributed by atoms with Crippen molar-refractivity contribution in [3.63, 3.8) is 0 Å². The topological polar surface area (TPSA) is 26.0 Å². The Morgan fingerprint density at radius 2 is 1.25 bits per heavy atom. The lowest BCUT2D eigenvalue weighted by molar-refractivity contribution is -0.176. The average Bonchev–Trinajstić information content (AvgIpc) is 2.38. The first kappa shape index (κ1) is 15.4. The van der Waals surface area contributed by atoms with Crippen molar-refractivity contribution >= 4 is 27.5 Å². The molecule has 0 aliphatic carbocycles. The Morgan fingerprint density at radius 3 is 1.65 bits per heavy atom. The number of hydrogen-bond acceptors (Lipinski definition) is 1. The summed E-state index contributed by atoms with van der Waals surface area (Å²) in [7, 11) is 0. The molecule has 0 bridgehead atoms. The van der Waals surface area contributed by atoms with Gasteiger partial charge in [-0.05, 0) is 35.4 Å². The lowest BCUT2D eigenvalue weighted by Gasteiger charge is -2.33. The van der Waals surface area contributed by atoms with Gasteiger partial charge in [0.1, 0.15) is 0 Å². The van der Waals surface area contributed by atoms with E-state index in [1.165, 1.54) is 48.5 Å². The van der Waals surface area contributed by atoms with Crippen molar-refractivity contribution in [2.75, 3.05) is 0 Å². The molecule has 0 saturated carbocycles. The standard InChI is InChI=1S/C14H10BrClF3N/c15-11-5-1-9(2-6-11)13(20,14(17,18)19)10-3-7-12(16)8-4-10/h1-8H,20H2/t13-/m1/s1. The van der Waals surface area contributed by atoms with Crippen molar-refractivity contribution in [3.8, 4) is 0 Å². The van der Waals surface area contributed by atoms with Crippen molar-refractivity contribution in [3.05, 3.63) is 69.2 Å². The molecule has 2 N–H and O–H groups in total. The highest BCUT2D eigenvalue weighted by Crippen LogP contribution is 2.42. The van der Waals surface area contributed by atoms with E-state index in [0.717, 1.165) is 0 Å². The lowest BCUT2D eigenvalue weighted by atomic mass is 9.83. The van der Waals surface area contributed by atoms with Gasteiger partial charge in [0, 0.05) is 9.50 Å². The highest BCUT2D eigenvalue weighted by molar-refractivity contribution is 9.10. The number of hydrogen-bond donors (Lipinski definition) is 1. The number of nitrogens with two attached hydrogens (primary N) is 1. The second-order valence-electron chi connectivity index (χ2n) is 4.32. The van der Waals surface area contributed by atoms with E-state index in [9.17, 15) is 13.2 Å². The van der Waals surface area contributed by atoms with E-state index in [0.29, 0.717) is 9.50 Å². The van der Waals surface area contributed by atoms with E-state index in [1.807, 2.05) is 0 Å². The van der Waals surface area contributed by atoms with Gasteiger partial charge in [0.2, 0.25) is 0 Å². The average molecular weight is 365 g/mol. The van der Waals surface area contributed by atoms with Gasteiger partial charge >= 0.3 is 6.18 Å². The quantitative estimate of drug-likeness (QED) is 0.808. The van der Waals surface area contributed by atoms with E-state index in [-0.39, 0.29) is 11.1 Å². The lowest BCUT2D eigenvalue weighted by Crippen LogP contribution is -2.51. The fourth-order valence-corrected chi connectivity index (χ4v) is 2.31. The Balaban J connectivity index is 2.62. The molecule has 0 fully saturated rings. The fraction of sp³-hybridized carbons (Fsp3) is 0.143. The van der Waals surface area contributed by atoms with E-state index in [2.05, 4.69) is 15.9 Å². The van der Waals surface area contributed by atoms with Gasteiger partial charge in [-0.1, -0.05) is 51.8 Å². The summed E-state index contributed by atoms with van der Waals surface area (Å²) in [5.41, 5.74) is 3.07. The first-order chi connectivity index (χ1) is 9.25. The molecule has 0 unspecified atom stereocenters. The molecule has 6 heteroatoms. The minimum absolute atomic E-state index is 0.0319. The molecule has 0 radical (unpaired) electrons. The summed E-state index contributed by atoms with van der Waals surface area (Å²) in [6.45, 7) is 0. The number of benzene rings is 2. The summed E-state index contributed by atoms with van der Waals surface area (Å²) in [6.07, 6.45) is -4.63. The van der Waals surface area contributed by atoms with Crippen LogP contribution in [0.25, 0.3) is 0 Å². The molecule has 0 spiro atoms. The highest BCUT2D eigenvalue weighted by atomic mass is 79.9.